The normalized spacial score (nSPS) is 28.0. The van der Waals surface area contributed by atoms with Crippen LogP contribution in [0.4, 0.5) is 4.39 Å². The van der Waals surface area contributed by atoms with Gasteiger partial charge in [0.15, 0.2) is 0 Å². The van der Waals surface area contributed by atoms with Crippen LogP contribution in [0.15, 0.2) is 12.3 Å². The summed E-state index contributed by atoms with van der Waals surface area (Å²) in [5.41, 5.74) is 1.10. The summed E-state index contributed by atoms with van der Waals surface area (Å²) < 4.78 is 20.8. The Morgan fingerprint density at radius 1 is 1.50 bits per heavy atom. The zero-order valence-corrected chi connectivity index (χ0v) is 14.5. The first-order chi connectivity index (χ1) is 11.5. The highest BCUT2D eigenvalue weighted by Crippen LogP contribution is 2.24. The van der Waals surface area contributed by atoms with Crippen molar-refractivity contribution in [3.8, 4) is 0 Å². The van der Waals surface area contributed by atoms with Gasteiger partial charge in [-0.1, -0.05) is 0 Å². The summed E-state index contributed by atoms with van der Waals surface area (Å²) in [6.07, 6.45) is 3.24. The van der Waals surface area contributed by atoms with Gasteiger partial charge < -0.3 is 9.64 Å². The Morgan fingerprint density at radius 3 is 3.00 bits per heavy atom. The van der Waals surface area contributed by atoms with Gasteiger partial charge in [0.05, 0.1) is 18.2 Å². The number of likely N-dealkylation sites (N-methyl/N-ethyl adjacent to an activating group) is 1. The van der Waals surface area contributed by atoms with E-state index in [2.05, 4.69) is 14.9 Å². The third-order valence-corrected chi connectivity index (χ3v) is 5.19. The van der Waals surface area contributed by atoms with E-state index in [0.717, 1.165) is 38.2 Å². The number of likely N-dealkylation sites (tertiary alicyclic amines) is 1. The number of carbonyl (C=O) groups is 1. The molecule has 2 fully saturated rings. The Morgan fingerprint density at radius 2 is 2.33 bits per heavy atom. The summed E-state index contributed by atoms with van der Waals surface area (Å²) in [7, 11) is 3.97. The van der Waals surface area contributed by atoms with E-state index < -0.39 is 6.17 Å². The molecule has 0 N–H and O–H groups in total. The lowest BCUT2D eigenvalue weighted by molar-refractivity contribution is -0.141. The van der Waals surface area contributed by atoms with Crippen molar-refractivity contribution >= 4 is 5.97 Å². The molecular weight excluding hydrogens is 311 g/mol. The fraction of sp³-hybridized carbons (Fsp3) is 0.765. The van der Waals surface area contributed by atoms with Crippen molar-refractivity contribution in [3.05, 3.63) is 18.0 Å². The molecule has 0 radical (unpaired) electrons. The van der Waals surface area contributed by atoms with E-state index in [4.69, 9.17) is 4.74 Å². The average Bonchev–Trinajstić information content (AvgIpc) is 3.21. The third-order valence-electron chi connectivity index (χ3n) is 5.19. The molecule has 0 aromatic carbocycles. The summed E-state index contributed by atoms with van der Waals surface area (Å²) in [6.45, 7) is 3.42. The predicted octanol–water partition coefficient (Wildman–Crippen LogP) is 1.22. The number of halogens is 1. The van der Waals surface area contributed by atoms with Gasteiger partial charge in [-0.2, -0.15) is 5.10 Å². The standard InChI is InChI=1S/C17H27FN4O2/c1-20(7-4-13-5-8-24-17(13)23)11-16-9-14(18)10-22(16)12-15-3-6-19-21(15)2/h3,6,13-14,16H,4-5,7-12H2,1-2H3/t13?,14-,16-/m0/s1. The molecule has 24 heavy (non-hydrogen) atoms. The Bertz CT molecular complexity index is 565. The summed E-state index contributed by atoms with van der Waals surface area (Å²) in [5.74, 6) is -0.0265. The highest BCUT2D eigenvalue weighted by Gasteiger charge is 2.33. The zero-order chi connectivity index (χ0) is 17.1. The maximum atomic E-state index is 13.9. The molecule has 0 bridgehead atoms. The lowest BCUT2D eigenvalue weighted by Crippen LogP contribution is -2.39. The minimum absolute atomic E-state index is 0.0375. The maximum Gasteiger partial charge on any atom is 0.309 e. The van der Waals surface area contributed by atoms with Crippen LogP contribution in [0.5, 0.6) is 0 Å². The van der Waals surface area contributed by atoms with E-state index >= 15 is 0 Å². The number of aryl methyl sites for hydroxylation is 1. The number of nitrogens with zero attached hydrogens (tertiary/aromatic N) is 4. The number of hydrogen-bond donors (Lipinski definition) is 0. The maximum absolute atomic E-state index is 13.9. The fourth-order valence-corrected chi connectivity index (χ4v) is 3.70. The third kappa shape index (κ3) is 4.13. The fourth-order valence-electron chi connectivity index (χ4n) is 3.70. The van der Waals surface area contributed by atoms with Crippen LogP contribution in [0.3, 0.4) is 0 Å². The van der Waals surface area contributed by atoms with E-state index in [1.807, 2.05) is 24.8 Å². The number of hydrogen-bond acceptors (Lipinski definition) is 5. The van der Waals surface area contributed by atoms with E-state index in [-0.39, 0.29) is 17.9 Å². The van der Waals surface area contributed by atoms with Gasteiger partial charge in [0.25, 0.3) is 0 Å². The van der Waals surface area contributed by atoms with Crippen LogP contribution < -0.4 is 0 Å². The molecule has 2 aliphatic rings. The van der Waals surface area contributed by atoms with Gasteiger partial charge in [0.2, 0.25) is 0 Å². The number of ether oxygens (including phenoxy) is 1. The van der Waals surface area contributed by atoms with Crippen LogP contribution in [0.2, 0.25) is 0 Å². The molecule has 7 heteroatoms. The Hall–Kier alpha value is -1.47. The molecule has 6 nitrogen and oxygen atoms in total. The van der Waals surface area contributed by atoms with Crippen LogP contribution in [-0.2, 0) is 23.1 Å². The van der Waals surface area contributed by atoms with Gasteiger partial charge in [0.1, 0.15) is 6.17 Å². The largest absolute Gasteiger partial charge is 0.465 e. The molecular formula is C17H27FN4O2. The number of aromatic nitrogens is 2. The monoisotopic (exact) mass is 338 g/mol. The van der Waals surface area contributed by atoms with Crippen molar-refractivity contribution in [2.45, 2.75) is 38.0 Å². The molecule has 2 aliphatic heterocycles. The molecule has 0 saturated carbocycles. The molecule has 134 valence electrons. The molecule has 2 saturated heterocycles. The van der Waals surface area contributed by atoms with Crippen LogP contribution in [-0.4, -0.2) is 71.1 Å². The molecule has 3 atom stereocenters. The quantitative estimate of drug-likeness (QED) is 0.700. The van der Waals surface area contributed by atoms with Gasteiger partial charge >= 0.3 is 5.97 Å². The Kier molecular flexibility index (Phi) is 5.50. The molecule has 1 unspecified atom stereocenters. The summed E-state index contributed by atoms with van der Waals surface area (Å²) in [4.78, 5) is 16.0. The highest BCUT2D eigenvalue weighted by atomic mass is 19.1. The second-order valence-corrected chi connectivity index (χ2v) is 7.07. The van der Waals surface area contributed by atoms with Crippen molar-refractivity contribution in [1.82, 2.24) is 19.6 Å². The van der Waals surface area contributed by atoms with Crippen molar-refractivity contribution in [2.75, 3.05) is 33.3 Å². The second kappa shape index (κ2) is 7.61. The molecule has 0 amide bonds. The predicted molar refractivity (Wildman–Crippen MR) is 88.1 cm³/mol. The number of cyclic esters (lactones) is 1. The first-order valence-electron chi connectivity index (χ1n) is 8.73. The van der Waals surface area contributed by atoms with E-state index in [1.54, 1.807) is 6.20 Å². The smallest absolute Gasteiger partial charge is 0.309 e. The molecule has 1 aromatic heterocycles. The van der Waals surface area contributed by atoms with Crippen molar-refractivity contribution in [3.63, 3.8) is 0 Å². The summed E-state index contributed by atoms with van der Waals surface area (Å²) in [6, 6.07) is 2.19. The number of alkyl halides is 1. The minimum atomic E-state index is -0.763. The van der Waals surface area contributed by atoms with Crippen molar-refractivity contribution in [2.24, 2.45) is 13.0 Å². The van der Waals surface area contributed by atoms with Gasteiger partial charge in [0, 0.05) is 38.9 Å². The second-order valence-electron chi connectivity index (χ2n) is 7.07. The molecule has 1 aromatic rings. The molecule has 0 spiro atoms. The van der Waals surface area contributed by atoms with E-state index in [0.29, 0.717) is 19.6 Å². The average molecular weight is 338 g/mol. The van der Waals surface area contributed by atoms with E-state index in [1.165, 1.54) is 0 Å². The van der Waals surface area contributed by atoms with E-state index in [9.17, 15) is 9.18 Å². The topological polar surface area (TPSA) is 50.6 Å². The highest BCUT2D eigenvalue weighted by molar-refractivity contribution is 5.74. The number of rotatable bonds is 7. The first kappa shape index (κ1) is 17.4. The molecule has 0 aliphatic carbocycles. The molecule has 3 rings (SSSR count). The van der Waals surface area contributed by atoms with Crippen LogP contribution >= 0.6 is 0 Å². The van der Waals surface area contributed by atoms with Gasteiger partial charge in [-0.05, 0) is 38.9 Å². The van der Waals surface area contributed by atoms with Crippen LogP contribution in [0, 0.1) is 5.92 Å². The van der Waals surface area contributed by atoms with Crippen molar-refractivity contribution in [1.29, 1.82) is 0 Å². The van der Waals surface area contributed by atoms with Gasteiger partial charge in [-0.25, -0.2) is 4.39 Å². The van der Waals surface area contributed by atoms with Crippen molar-refractivity contribution < 1.29 is 13.9 Å². The zero-order valence-electron chi connectivity index (χ0n) is 14.5. The van der Waals surface area contributed by atoms with Crippen LogP contribution in [0.1, 0.15) is 25.0 Å². The molecule has 3 heterocycles. The Balaban J connectivity index is 1.50. The van der Waals surface area contributed by atoms with Gasteiger partial charge in [-0.15, -0.1) is 0 Å². The summed E-state index contributed by atoms with van der Waals surface area (Å²) in [5, 5.41) is 4.19. The lowest BCUT2D eigenvalue weighted by Gasteiger charge is -2.28. The van der Waals surface area contributed by atoms with Gasteiger partial charge in [-0.3, -0.25) is 14.4 Å². The number of esters is 1. The number of carbonyl (C=O) groups excluding carboxylic acids is 1. The minimum Gasteiger partial charge on any atom is -0.465 e. The Labute approximate surface area is 142 Å². The van der Waals surface area contributed by atoms with Crippen LogP contribution in [0.25, 0.3) is 0 Å². The SMILES string of the molecule is CN(CCC1CCOC1=O)C[C@@H]1C[C@H](F)CN1Cc1ccnn1C. The lowest BCUT2D eigenvalue weighted by atomic mass is 10.0. The first-order valence-corrected chi connectivity index (χ1v) is 8.73. The summed E-state index contributed by atoms with van der Waals surface area (Å²) >= 11 is 0.